The van der Waals surface area contributed by atoms with E-state index in [1.807, 2.05) is 19.1 Å². The molecule has 1 fully saturated rings. The van der Waals surface area contributed by atoms with Gasteiger partial charge in [-0.15, -0.1) is 0 Å². The highest BCUT2D eigenvalue weighted by Crippen LogP contribution is 2.21. The fourth-order valence-electron chi connectivity index (χ4n) is 2.12. The molecule has 0 bridgehead atoms. The molecule has 1 saturated heterocycles. The topological polar surface area (TPSA) is 58.6 Å². The summed E-state index contributed by atoms with van der Waals surface area (Å²) in [5, 5.41) is 13.1. The Kier molecular flexibility index (Phi) is 4.60. The van der Waals surface area contributed by atoms with Gasteiger partial charge in [-0.2, -0.15) is 0 Å². The largest absolute Gasteiger partial charge is 0.388 e. The predicted molar refractivity (Wildman–Crippen MR) is 76.2 cm³/mol. The number of halogens is 1. The van der Waals surface area contributed by atoms with E-state index in [-0.39, 0.29) is 12.5 Å². The third-order valence-corrected chi connectivity index (χ3v) is 4.37. The van der Waals surface area contributed by atoms with Crippen LogP contribution in [0.1, 0.15) is 28.8 Å². The van der Waals surface area contributed by atoms with Crippen molar-refractivity contribution >= 4 is 21.8 Å². The fourth-order valence-corrected chi connectivity index (χ4v) is 2.49. The summed E-state index contributed by atoms with van der Waals surface area (Å²) in [5.41, 5.74) is 0.692. The van der Waals surface area contributed by atoms with E-state index < -0.39 is 5.60 Å². The summed E-state index contributed by atoms with van der Waals surface area (Å²) in [6.45, 7) is 3.24. The molecule has 4 nitrogen and oxygen atoms in total. The first-order valence-electron chi connectivity index (χ1n) is 6.35. The van der Waals surface area contributed by atoms with E-state index in [1.165, 1.54) is 0 Å². The first-order chi connectivity index (χ1) is 9.02. The summed E-state index contributed by atoms with van der Waals surface area (Å²) in [7, 11) is 0. The Morgan fingerprint density at radius 3 is 2.84 bits per heavy atom. The molecule has 0 atom stereocenters. The molecule has 0 spiro atoms. The van der Waals surface area contributed by atoms with Crippen LogP contribution in [0.4, 0.5) is 0 Å². The molecule has 0 unspecified atom stereocenters. The van der Waals surface area contributed by atoms with Gasteiger partial charge in [0.05, 0.1) is 5.60 Å². The molecule has 0 aromatic heterocycles. The molecule has 2 rings (SSSR count). The van der Waals surface area contributed by atoms with Crippen LogP contribution in [0.3, 0.4) is 0 Å². The molecule has 0 aliphatic carbocycles. The molecule has 1 aliphatic rings. The third-order valence-electron chi connectivity index (χ3n) is 3.51. The SMILES string of the molecule is Cc1c(Br)cccc1C(=O)NCC1(O)CCOCC1. The molecule has 0 saturated carbocycles. The van der Waals surface area contributed by atoms with Crippen molar-refractivity contribution in [2.24, 2.45) is 0 Å². The smallest absolute Gasteiger partial charge is 0.251 e. The van der Waals surface area contributed by atoms with Crippen LogP contribution in [0.25, 0.3) is 0 Å². The molecule has 1 amide bonds. The van der Waals surface area contributed by atoms with Gasteiger partial charge in [0, 0.05) is 42.6 Å². The summed E-state index contributed by atoms with van der Waals surface area (Å²) in [6.07, 6.45) is 1.12. The number of nitrogens with one attached hydrogen (secondary N) is 1. The number of hydrogen-bond acceptors (Lipinski definition) is 3. The second-order valence-corrected chi connectivity index (χ2v) is 5.79. The van der Waals surface area contributed by atoms with E-state index >= 15 is 0 Å². The quantitative estimate of drug-likeness (QED) is 0.893. The molecule has 19 heavy (non-hydrogen) atoms. The van der Waals surface area contributed by atoms with Gasteiger partial charge < -0.3 is 15.2 Å². The van der Waals surface area contributed by atoms with Crippen molar-refractivity contribution in [1.82, 2.24) is 5.32 Å². The van der Waals surface area contributed by atoms with Crippen LogP contribution in [0, 0.1) is 6.92 Å². The molecule has 1 aliphatic heterocycles. The van der Waals surface area contributed by atoms with Gasteiger partial charge in [-0.25, -0.2) is 0 Å². The molecule has 1 heterocycles. The van der Waals surface area contributed by atoms with Crippen molar-refractivity contribution in [2.75, 3.05) is 19.8 Å². The molecule has 1 aromatic carbocycles. The minimum Gasteiger partial charge on any atom is -0.388 e. The van der Waals surface area contributed by atoms with Gasteiger partial charge in [-0.3, -0.25) is 4.79 Å². The van der Waals surface area contributed by atoms with Crippen LogP contribution in [0.15, 0.2) is 22.7 Å². The van der Waals surface area contributed by atoms with Crippen molar-refractivity contribution < 1.29 is 14.6 Å². The lowest BCUT2D eigenvalue weighted by Gasteiger charge is -2.32. The van der Waals surface area contributed by atoms with Crippen LogP contribution in [0.5, 0.6) is 0 Å². The summed E-state index contributed by atoms with van der Waals surface area (Å²) >= 11 is 3.41. The van der Waals surface area contributed by atoms with Crippen molar-refractivity contribution in [1.29, 1.82) is 0 Å². The normalized spacial score (nSPS) is 18.1. The summed E-state index contributed by atoms with van der Waals surface area (Å²) < 4.78 is 6.12. The Morgan fingerprint density at radius 1 is 1.47 bits per heavy atom. The number of aliphatic hydroxyl groups is 1. The fraction of sp³-hybridized carbons (Fsp3) is 0.500. The van der Waals surface area contributed by atoms with Gasteiger partial charge in [0.1, 0.15) is 0 Å². The highest BCUT2D eigenvalue weighted by molar-refractivity contribution is 9.10. The minimum absolute atomic E-state index is 0.154. The van der Waals surface area contributed by atoms with Crippen LogP contribution >= 0.6 is 15.9 Å². The van der Waals surface area contributed by atoms with Crippen LogP contribution in [0.2, 0.25) is 0 Å². The zero-order valence-corrected chi connectivity index (χ0v) is 12.5. The average molecular weight is 328 g/mol. The Bertz CT molecular complexity index is 470. The number of hydrogen-bond donors (Lipinski definition) is 2. The van der Waals surface area contributed by atoms with Crippen LogP contribution in [-0.4, -0.2) is 36.4 Å². The van der Waals surface area contributed by atoms with Crippen molar-refractivity contribution in [2.45, 2.75) is 25.4 Å². The first-order valence-corrected chi connectivity index (χ1v) is 7.15. The van der Waals surface area contributed by atoms with E-state index in [4.69, 9.17) is 4.74 Å². The van der Waals surface area contributed by atoms with Crippen molar-refractivity contribution in [3.8, 4) is 0 Å². The van der Waals surface area contributed by atoms with Gasteiger partial charge in [0.25, 0.3) is 5.91 Å². The zero-order chi connectivity index (χ0) is 13.9. The predicted octanol–water partition coefficient (Wildman–Crippen LogP) is 2.03. The second kappa shape index (κ2) is 6.03. The average Bonchev–Trinajstić information content (AvgIpc) is 2.40. The number of ether oxygens (including phenoxy) is 1. The van der Waals surface area contributed by atoms with E-state index in [0.29, 0.717) is 31.6 Å². The lowest BCUT2D eigenvalue weighted by molar-refractivity contribution is -0.0605. The van der Waals surface area contributed by atoms with Gasteiger partial charge >= 0.3 is 0 Å². The van der Waals surface area contributed by atoms with E-state index in [1.54, 1.807) is 6.07 Å². The van der Waals surface area contributed by atoms with E-state index in [9.17, 15) is 9.90 Å². The van der Waals surface area contributed by atoms with Gasteiger partial charge in [-0.05, 0) is 24.6 Å². The van der Waals surface area contributed by atoms with Crippen molar-refractivity contribution in [3.05, 3.63) is 33.8 Å². The highest BCUT2D eigenvalue weighted by atomic mass is 79.9. The maximum atomic E-state index is 12.1. The summed E-state index contributed by atoms with van der Waals surface area (Å²) in [4.78, 5) is 12.1. The van der Waals surface area contributed by atoms with Gasteiger partial charge in [0.2, 0.25) is 0 Å². The molecule has 5 heteroatoms. The number of benzene rings is 1. The first kappa shape index (κ1) is 14.5. The maximum Gasteiger partial charge on any atom is 0.251 e. The minimum atomic E-state index is -0.839. The Morgan fingerprint density at radius 2 is 2.16 bits per heavy atom. The van der Waals surface area contributed by atoms with Gasteiger partial charge in [0.15, 0.2) is 0 Å². The highest BCUT2D eigenvalue weighted by Gasteiger charge is 2.30. The third kappa shape index (κ3) is 3.55. The van der Waals surface area contributed by atoms with Crippen LogP contribution in [-0.2, 0) is 4.74 Å². The lowest BCUT2D eigenvalue weighted by Crippen LogP contribution is -2.46. The lowest BCUT2D eigenvalue weighted by atomic mass is 9.94. The molecular formula is C14H18BrNO3. The summed E-state index contributed by atoms with van der Waals surface area (Å²) in [6, 6.07) is 5.51. The molecular weight excluding hydrogens is 310 g/mol. The maximum absolute atomic E-state index is 12.1. The number of rotatable bonds is 3. The Labute approximate surface area is 121 Å². The standard InChI is InChI=1S/C14H18BrNO3/c1-10-11(3-2-4-12(10)15)13(17)16-9-14(18)5-7-19-8-6-14/h2-4,18H,5-9H2,1H3,(H,16,17). The van der Waals surface area contributed by atoms with Crippen molar-refractivity contribution in [3.63, 3.8) is 0 Å². The van der Waals surface area contributed by atoms with E-state index in [2.05, 4.69) is 21.2 Å². The Hall–Kier alpha value is -0.910. The molecule has 104 valence electrons. The number of carbonyl (C=O) groups excluding carboxylic acids is 1. The number of amides is 1. The molecule has 0 radical (unpaired) electrons. The number of carbonyl (C=O) groups is 1. The monoisotopic (exact) mass is 327 g/mol. The molecule has 1 aromatic rings. The Balaban J connectivity index is 1.99. The van der Waals surface area contributed by atoms with E-state index in [0.717, 1.165) is 10.0 Å². The second-order valence-electron chi connectivity index (χ2n) is 4.93. The zero-order valence-electron chi connectivity index (χ0n) is 10.9. The summed E-state index contributed by atoms with van der Waals surface area (Å²) in [5.74, 6) is -0.154. The molecule has 2 N–H and O–H groups in total. The van der Waals surface area contributed by atoms with Gasteiger partial charge in [-0.1, -0.05) is 22.0 Å². The van der Waals surface area contributed by atoms with Crippen LogP contribution < -0.4 is 5.32 Å².